The van der Waals surface area contributed by atoms with E-state index in [9.17, 15) is 9.59 Å². The minimum atomic E-state index is -0.570. The van der Waals surface area contributed by atoms with E-state index in [2.05, 4.69) is 0 Å². The molecule has 0 spiro atoms. The van der Waals surface area contributed by atoms with Gasteiger partial charge in [0.15, 0.2) is 0 Å². The molecule has 0 amide bonds. The zero-order chi connectivity index (χ0) is 17.6. The van der Waals surface area contributed by atoms with Gasteiger partial charge in [0.1, 0.15) is 12.2 Å². The molecular formula is C19H16O5S. The maximum absolute atomic E-state index is 12.1. The third-order valence-electron chi connectivity index (χ3n) is 3.44. The number of carbonyl (C=O) groups is 2. The van der Waals surface area contributed by atoms with E-state index in [1.165, 1.54) is 17.4 Å². The lowest BCUT2D eigenvalue weighted by Crippen LogP contribution is -2.08. The average Bonchev–Trinajstić information content (AvgIpc) is 3.26. The minimum Gasteiger partial charge on any atom is -0.460 e. The smallest absolute Gasteiger partial charge is 0.374 e. The van der Waals surface area contributed by atoms with Crippen LogP contribution in [-0.2, 0) is 20.9 Å². The topological polar surface area (TPSA) is 65.7 Å². The Hall–Kier alpha value is -2.86. The van der Waals surface area contributed by atoms with Crippen LogP contribution in [0.1, 0.15) is 27.9 Å². The zero-order valence-corrected chi connectivity index (χ0v) is 14.4. The van der Waals surface area contributed by atoms with Crippen molar-refractivity contribution in [1.82, 2.24) is 0 Å². The van der Waals surface area contributed by atoms with E-state index in [1.807, 2.05) is 29.6 Å². The molecular weight excluding hydrogens is 340 g/mol. The number of furan rings is 1. The third-order valence-corrected chi connectivity index (χ3v) is 4.28. The predicted octanol–water partition coefficient (Wildman–Crippen LogP) is 4.43. The number of para-hydroxylation sites is 1. The first-order valence-corrected chi connectivity index (χ1v) is 8.63. The number of hydrogen-bond donors (Lipinski definition) is 0. The summed E-state index contributed by atoms with van der Waals surface area (Å²) in [6, 6.07) is 11.0. The molecule has 6 heteroatoms. The highest BCUT2D eigenvalue weighted by atomic mass is 32.1. The van der Waals surface area contributed by atoms with Crippen molar-refractivity contribution < 1.29 is 23.5 Å². The molecule has 0 radical (unpaired) electrons. The standard InChI is InChI=1S/C19H16O5S/c1-2-22-19(21)18-15(14-7-3-4-8-16(14)24-18)12-23-17(20)10-9-13-6-5-11-25-13/h3-11H,2,12H2,1H3. The number of fused-ring (bicyclic) bond motifs is 1. The first-order valence-electron chi connectivity index (χ1n) is 7.75. The Morgan fingerprint density at radius 2 is 2.00 bits per heavy atom. The number of ether oxygens (including phenoxy) is 2. The van der Waals surface area contributed by atoms with E-state index in [4.69, 9.17) is 13.9 Å². The van der Waals surface area contributed by atoms with Gasteiger partial charge in [0, 0.05) is 16.3 Å². The molecule has 3 aromatic rings. The fourth-order valence-corrected chi connectivity index (χ4v) is 2.95. The molecule has 0 saturated carbocycles. The van der Waals surface area contributed by atoms with Crippen molar-refractivity contribution in [3.63, 3.8) is 0 Å². The Labute approximate surface area is 148 Å². The maximum Gasteiger partial charge on any atom is 0.374 e. The van der Waals surface area contributed by atoms with Gasteiger partial charge < -0.3 is 13.9 Å². The normalized spacial score (nSPS) is 11.1. The SMILES string of the molecule is CCOC(=O)c1oc2ccccc2c1COC(=O)C=Cc1cccs1. The highest BCUT2D eigenvalue weighted by molar-refractivity contribution is 7.10. The van der Waals surface area contributed by atoms with Crippen molar-refractivity contribution in [2.75, 3.05) is 6.61 Å². The van der Waals surface area contributed by atoms with Crippen LogP contribution in [0.2, 0.25) is 0 Å². The second-order valence-electron chi connectivity index (χ2n) is 5.08. The highest BCUT2D eigenvalue weighted by Crippen LogP contribution is 2.27. The van der Waals surface area contributed by atoms with E-state index in [-0.39, 0.29) is 19.0 Å². The minimum absolute atomic E-state index is 0.0677. The van der Waals surface area contributed by atoms with Crippen LogP contribution >= 0.6 is 11.3 Å². The van der Waals surface area contributed by atoms with E-state index in [1.54, 1.807) is 25.1 Å². The van der Waals surface area contributed by atoms with Gasteiger partial charge in [0.05, 0.1) is 12.2 Å². The maximum atomic E-state index is 12.1. The lowest BCUT2D eigenvalue weighted by Gasteiger charge is -2.04. The van der Waals surface area contributed by atoms with Crippen LogP contribution < -0.4 is 0 Å². The first-order chi connectivity index (χ1) is 12.2. The number of carbonyl (C=O) groups excluding carboxylic acids is 2. The van der Waals surface area contributed by atoms with Gasteiger partial charge >= 0.3 is 11.9 Å². The van der Waals surface area contributed by atoms with Crippen LogP contribution in [0.3, 0.4) is 0 Å². The van der Waals surface area contributed by atoms with Gasteiger partial charge in [-0.2, -0.15) is 0 Å². The molecule has 1 aromatic carbocycles. The number of thiophene rings is 1. The second kappa shape index (κ2) is 7.81. The molecule has 2 heterocycles. The molecule has 0 aliphatic heterocycles. The van der Waals surface area contributed by atoms with E-state index < -0.39 is 11.9 Å². The van der Waals surface area contributed by atoms with E-state index in [0.29, 0.717) is 11.1 Å². The molecule has 0 aliphatic rings. The van der Waals surface area contributed by atoms with Crippen LogP contribution in [0.25, 0.3) is 17.0 Å². The van der Waals surface area contributed by atoms with Crippen LogP contribution in [0.4, 0.5) is 0 Å². The molecule has 3 rings (SSSR count). The second-order valence-corrected chi connectivity index (χ2v) is 6.06. The fourth-order valence-electron chi connectivity index (χ4n) is 2.33. The predicted molar refractivity (Wildman–Crippen MR) is 95.3 cm³/mol. The molecule has 0 fully saturated rings. The van der Waals surface area contributed by atoms with Crippen molar-refractivity contribution in [2.45, 2.75) is 13.5 Å². The summed E-state index contributed by atoms with van der Waals surface area (Å²) in [5, 5.41) is 2.65. The van der Waals surface area contributed by atoms with Crippen molar-refractivity contribution in [1.29, 1.82) is 0 Å². The Morgan fingerprint density at radius 1 is 1.16 bits per heavy atom. The Balaban J connectivity index is 1.78. The monoisotopic (exact) mass is 356 g/mol. The summed E-state index contributed by atoms with van der Waals surface area (Å²) in [7, 11) is 0. The van der Waals surface area contributed by atoms with Crippen molar-refractivity contribution in [3.05, 3.63) is 64.1 Å². The van der Waals surface area contributed by atoms with Gasteiger partial charge in [-0.1, -0.05) is 24.3 Å². The van der Waals surface area contributed by atoms with Gasteiger partial charge in [-0.05, 0) is 30.5 Å². The first kappa shape index (κ1) is 17.0. The summed E-state index contributed by atoms with van der Waals surface area (Å²) < 4.78 is 15.9. The van der Waals surface area contributed by atoms with E-state index in [0.717, 1.165) is 10.3 Å². The lowest BCUT2D eigenvalue weighted by atomic mass is 10.1. The lowest BCUT2D eigenvalue weighted by molar-refractivity contribution is -0.138. The summed E-state index contributed by atoms with van der Waals surface area (Å²) in [5.41, 5.74) is 1.05. The van der Waals surface area contributed by atoms with Gasteiger partial charge in [0.25, 0.3) is 0 Å². The molecule has 25 heavy (non-hydrogen) atoms. The molecule has 0 N–H and O–H groups in total. The van der Waals surface area contributed by atoms with Crippen LogP contribution in [0.15, 0.2) is 52.3 Å². The molecule has 2 aromatic heterocycles. The Bertz CT molecular complexity index is 905. The van der Waals surface area contributed by atoms with Crippen molar-refractivity contribution in [3.8, 4) is 0 Å². The van der Waals surface area contributed by atoms with E-state index >= 15 is 0 Å². The average molecular weight is 356 g/mol. The molecule has 128 valence electrons. The van der Waals surface area contributed by atoms with Gasteiger partial charge in [-0.15, -0.1) is 11.3 Å². The van der Waals surface area contributed by atoms with Crippen LogP contribution in [0.5, 0.6) is 0 Å². The molecule has 5 nitrogen and oxygen atoms in total. The number of hydrogen-bond acceptors (Lipinski definition) is 6. The Kier molecular flexibility index (Phi) is 5.30. The summed E-state index contributed by atoms with van der Waals surface area (Å²) in [6.45, 7) is 1.88. The number of rotatable bonds is 6. The highest BCUT2D eigenvalue weighted by Gasteiger charge is 2.22. The quantitative estimate of drug-likeness (QED) is 0.483. The van der Waals surface area contributed by atoms with Crippen LogP contribution in [0, 0.1) is 0 Å². The summed E-state index contributed by atoms with van der Waals surface area (Å²) in [4.78, 5) is 25.0. The third kappa shape index (κ3) is 3.97. The van der Waals surface area contributed by atoms with Gasteiger partial charge in [-0.25, -0.2) is 9.59 Å². The van der Waals surface area contributed by atoms with Crippen molar-refractivity contribution in [2.24, 2.45) is 0 Å². The summed E-state index contributed by atoms with van der Waals surface area (Å²) in [6.07, 6.45) is 3.05. The van der Waals surface area contributed by atoms with Crippen molar-refractivity contribution >= 4 is 40.3 Å². The molecule has 0 atom stereocenters. The number of benzene rings is 1. The molecule has 0 aliphatic carbocycles. The molecule has 0 saturated heterocycles. The largest absolute Gasteiger partial charge is 0.460 e. The van der Waals surface area contributed by atoms with Gasteiger partial charge in [-0.3, -0.25) is 0 Å². The van der Waals surface area contributed by atoms with Gasteiger partial charge in [0.2, 0.25) is 5.76 Å². The van der Waals surface area contributed by atoms with Crippen LogP contribution in [-0.4, -0.2) is 18.5 Å². The fraction of sp³-hybridized carbons (Fsp3) is 0.158. The Morgan fingerprint density at radius 3 is 2.76 bits per heavy atom. The molecule has 0 bridgehead atoms. The summed E-state index contributed by atoms with van der Waals surface area (Å²) in [5.74, 6) is -0.995. The number of esters is 2. The molecule has 0 unspecified atom stereocenters. The summed E-state index contributed by atoms with van der Waals surface area (Å²) >= 11 is 1.52. The zero-order valence-electron chi connectivity index (χ0n) is 13.6.